The van der Waals surface area contributed by atoms with E-state index in [0.29, 0.717) is 15.8 Å². The number of ketones is 1. The van der Waals surface area contributed by atoms with Gasteiger partial charge in [0.2, 0.25) is 0 Å². The highest BCUT2D eigenvalue weighted by molar-refractivity contribution is 6.34. The zero-order chi connectivity index (χ0) is 13.0. The van der Waals surface area contributed by atoms with Crippen molar-refractivity contribution in [3.8, 4) is 5.75 Å². The Kier molecular flexibility index (Phi) is 4.90. The minimum absolute atomic E-state index is 0.0880. The molecule has 18 heavy (non-hydrogen) atoms. The summed E-state index contributed by atoms with van der Waals surface area (Å²) in [5.74, 6) is 0.816. The first-order valence-corrected chi connectivity index (χ1v) is 7.03. The molecule has 1 aliphatic rings. The number of Topliss-reactive ketones (excluding diaryl/α,β-unsaturated/α-hetero) is 1. The van der Waals surface area contributed by atoms with Gasteiger partial charge in [0.05, 0.1) is 5.02 Å². The molecule has 4 heteroatoms. The van der Waals surface area contributed by atoms with Crippen LogP contribution < -0.4 is 4.74 Å². The van der Waals surface area contributed by atoms with Crippen LogP contribution in [-0.4, -0.2) is 12.4 Å². The number of carbonyl (C=O) groups is 1. The normalized spacial score (nSPS) is 16.6. The van der Waals surface area contributed by atoms with Crippen LogP contribution in [-0.2, 0) is 4.79 Å². The minimum Gasteiger partial charge on any atom is -0.484 e. The van der Waals surface area contributed by atoms with Crippen LogP contribution in [0.3, 0.4) is 0 Å². The molecule has 1 saturated carbocycles. The number of hydrogen-bond donors (Lipinski definition) is 0. The quantitative estimate of drug-likeness (QED) is 0.813. The zero-order valence-electron chi connectivity index (χ0n) is 10.1. The molecule has 98 valence electrons. The molecular weight excluding hydrogens is 271 g/mol. The van der Waals surface area contributed by atoms with Crippen LogP contribution in [0.15, 0.2) is 18.2 Å². The molecule has 0 saturated heterocycles. The van der Waals surface area contributed by atoms with Crippen LogP contribution in [0.1, 0.15) is 32.1 Å². The van der Waals surface area contributed by atoms with Crippen molar-refractivity contribution in [2.45, 2.75) is 32.1 Å². The fourth-order valence-electron chi connectivity index (χ4n) is 2.28. The molecule has 1 aromatic rings. The van der Waals surface area contributed by atoms with Gasteiger partial charge in [-0.25, -0.2) is 0 Å². The van der Waals surface area contributed by atoms with Gasteiger partial charge < -0.3 is 4.74 Å². The second-order valence-corrected chi connectivity index (χ2v) is 5.51. The van der Waals surface area contributed by atoms with Gasteiger partial charge in [0.15, 0.2) is 5.78 Å². The van der Waals surface area contributed by atoms with Crippen LogP contribution in [0.5, 0.6) is 5.75 Å². The standard InChI is InChI=1S/C14H16Cl2O2/c15-11-6-7-12(16)14(8-11)18-9-13(17)10-4-2-1-3-5-10/h6-8,10H,1-5,9H2. The molecule has 1 aliphatic carbocycles. The summed E-state index contributed by atoms with van der Waals surface area (Å²) in [6, 6.07) is 5.00. The summed E-state index contributed by atoms with van der Waals surface area (Å²) in [6.07, 6.45) is 5.52. The van der Waals surface area contributed by atoms with E-state index in [9.17, 15) is 4.79 Å². The van der Waals surface area contributed by atoms with Gasteiger partial charge in [-0.15, -0.1) is 0 Å². The van der Waals surface area contributed by atoms with Gasteiger partial charge in [-0.2, -0.15) is 0 Å². The Morgan fingerprint density at radius 2 is 1.94 bits per heavy atom. The average Bonchev–Trinajstić information content (AvgIpc) is 2.40. The Morgan fingerprint density at radius 1 is 1.22 bits per heavy atom. The summed E-state index contributed by atoms with van der Waals surface area (Å²) >= 11 is 11.8. The lowest BCUT2D eigenvalue weighted by molar-refractivity contribution is -0.125. The molecule has 0 heterocycles. The third kappa shape index (κ3) is 3.63. The summed E-state index contributed by atoms with van der Waals surface area (Å²) in [7, 11) is 0. The van der Waals surface area contributed by atoms with Crippen LogP contribution in [0.2, 0.25) is 10.0 Å². The minimum atomic E-state index is 0.0880. The summed E-state index contributed by atoms with van der Waals surface area (Å²) in [6.45, 7) is 0.0880. The van der Waals surface area contributed by atoms with Gasteiger partial charge in [-0.3, -0.25) is 4.79 Å². The van der Waals surface area contributed by atoms with Crippen molar-refractivity contribution < 1.29 is 9.53 Å². The van der Waals surface area contributed by atoms with Gasteiger partial charge >= 0.3 is 0 Å². The van der Waals surface area contributed by atoms with Crippen molar-refractivity contribution in [2.24, 2.45) is 5.92 Å². The van der Waals surface area contributed by atoms with E-state index in [0.717, 1.165) is 25.7 Å². The van der Waals surface area contributed by atoms with Crippen LogP contribution in [0.25, 0.3) is 0 Å². The summed E-state index contributed by atoms with van der Waals surface area (Å²) in [4.78, 5) is 12.0. The average molecular weight is 287 g/mol. The SMILES string of the molecule is O=C(COc1cc(Cl)ccc1Cl)C1CCCCC1. The molecule has 0 bridgehead atoms. The molecule has 0 amide bonds. The molecular formula is C14H16Cl2O2. The van der Waals surface area contributed by atoms with Crippen molar-refractivity contribution in [2.75, 3.05) is 6.61 Å². The van der Waals surface area contributed by atoms with Crippen LogP contribution in [0, 0.1) is 5.92 Å². The number of ether oxygens (including phenoxy) is 1. The van der Waals surface area contributed by atoms with E-state index < -0.39 is 0 Å². The molecule has 2 rings (SSSR count). The Morgan fingerprint density at radius 3 is 2.67 bits per heavy atom. The Labute approximate surface area is 117 Å². The first kappa shape index (κ1) is 13.7. The molecule has 1 fully saturated rings. The maximum Gasteiger partial charge on any atom is 0.173 e. The van der Waals surface area contributed by atoms with E-state index in [1.54, 1.807) is 18.2 Å². The second kappa shape index (κ2) is 6.44. The monoisotopic (exact) mass is 286 g/mol. The third-order valence-corrected chi connectivity index (χ3v) is 3.87. The zero-order valence-corrected chi connectivity index (χ0v) is 11.6. The molecule has 0 radical (unpaired) electrons. The van der Waals surface area contributed by atoms with Crippen LogP contribution >= 0.6 is 23.2 Å². The fraction of sp³-hybridized carbons (Fsp3) is 0.500. The Bertz CT molecular complexity index is 426. The Balaban J connectivity index is 1.90. The number of carbonyl (C=O) groups excluding carboxylic acids is 1. The number of hydrogen-bond acceptors (Lipinski definition) is 2. The van der Waals surface area contributed by atoms with Crippen molar-refractivity contribution in [1.82, 2.24) is 0 Å². The number of halogens is 2. The highest BCUT2D eigenvalue weighted by Crippen LogP contribution is 2.29. The van der Waals surface area contributed by atoms with Crippen molar-refractivity contribution >= 4 is 29.0 Å². The van der Waals surface area contributed by atoms with Gasteiger partial charge in [0, 0.05) is 17.0 Å². The van der Waals surface area contributed by atoms with E-state index in [-0.39, 0.29) is 18.3 Å². The lowest BCUT2D eigenvalue weighted by atomic mass is 9.86. The van der Waals surface area contributed by atoms with E-state index in [4.69, 9.17) is 27.9 Å². The van der Waals surface area contributed by atoms with Gasteiger partial charge in [-0.05, 0) is 25.0 Å². The summed E-state index contributed by atoms with van der Waals surface area (Å²) in [5.41, 5.74) is 0. The maximum absolute atomic E-state index is 12.0. The van der Waals surface area contributed by atoms with Gasteiger partial charge in [0.1, 0.15) is 12.4 Å². The van der Waals surface area contributed by atoms with Crippen LogP contribution in [0.4, 0.5) is 0 Å². The Hall–Kier alpha value is -0.730. The third-order valence-electron chi connectivity index (χ3n) is 3.32. The highest BCUT2D eigenvalue weighted by Gasteiger charge is 2.21. The first-order valence-electron chi connectivity index (χ1n) is 6.27. The van der Waals surface area contributed by atoms with E-state index >= 15 is 0 Å². The molecule has 2 nitrogen and oxygen atoms in total. The molecule has 0 N–H and O–H groups in total. The maximum atomic E-state index is 12.0. The van der Waals surface area contributed by atoms with Crippen molar-refractivity contribution in [3.63, 3.8) is 0 Å². The lowest BCUT2D eigenvalue weighted by Crippen LogP contribution is -2.23. The second-order valence-electron chi connectivity index (χ2n) is 4.66. The molecule has 0 aromatic heterocycles. The summed E-state index contributed by atoms with van der Waals surface area (Å²) < 4.78 is 5.47. The smallest absolute Gasteiger partial charge is 0.173 e. The van der Waals surface area contributed by atoms with Crippen molar-refractivity contribution in [1.29, 1.82) is 0 Å². The van der Waals surface area contributed by atoms with E-state index in [1.165, 1.54) is 6.42 Å². The lowest BCUT2D eigenvalue weighted by Gasteiger charge is -2.20. The number of benzene rings is 1. The molecule has 0 unspecified atom stereocenters. The molecule has 0 spiro atoms. The molecule has 1 aromatic carbocycles. The largest absolute Gasteiger partial charge is 0.484 e. The van der Waals surface area contributed by atoms with E-state index in [2.05, 4.69) is 0 Å². The summed E-state index contributed by atoms with van der Waals surface area (Å²) in [5, 5.41) is 1.04. The number of rotatable bonds is 4. The van der Waals surface area contributed by atoms with E-state index in [1.807, 2.05) is 0 Å². The topological polar surface area (TPSA) is 26.3 Å². The first-order chi connectivity index (χ1) is 8.66. The predicted molar refractivity (Wildman–Crippen MR) is 73.5 cm³/mol. The highest BCUT2D eigenvalue weighted by atomic mass is 35.5. The van der Waals surface area contributed by atoms with Gasteiger partial charge in [0.25, 0.3) is 0 Å². The van der Waals surface area contributed by atoms with Crippen molar-refractivity contribution in [3.05, 3.63) is 28.2 Å². The van der Waals surface area contributed by atoms with Gasteiger partial charge in [-0.1, -0.05) is 42.5 Å². The predicted octanol–water partition coefficient (Wildman–Crippen LogP) is 4.52. The molecule has 0 aliphatic heterocycles. The molecule has 0 atom stereocenters. The fourth-order valence-corrected chi connectivity index (χ4v) is 2.61.